The van der Waals surface area contributed by atoms with Gasteiger partial charge in [0.25, 0.3) is 0 Å². The van der Waals surface area contributed by atoms with Crippen LogP contribution in [0.3, 0.4) is 0 Å². The molecule has 2 saturated carbocycles. The topological polar surface area (TPSA) is 190 Å². The van der Waals surface area contributed by atoms with Crippen LogP contribution in [-0.2, 0) is 19.5 Å². The minimum atomic E-state index is -4.45. The van der Waals surface area contributed by atoms with Gasteiger partial charge in [0.05, 0.1) is 0 Å². The van der Waals surface area contributed by atoms with Crippen molar-refractivity contribution in [2.45, 2.75) is 77.4 Å². The first-order chi connectivity index (χ1) is 31.8. The van der Waals surface area contributed by atoms with Crippen LogP contribution in [0.25, 0.3) is 0 Å². The molecule has 2 N–H and O–H groups in total. The number of halogens is 9. The summed E-state index contributed by atoms with van der Waals surface area (Å²) in [5.41, 5.74) is 6.14. The van der Waals surface area contributed by atoms with Crippen LogP contribution in [0.5, 0.6) is 23.5 Å². The highest BCUT2D eigenvalue weighted by Gasteiger charge is 2.44. The van der Waals surface area contributed by atoms with E-state index in [0.717, 1.165) is 43.7 Å². The van der Waals surface area contributed by atoms with Crippen molar-refractivity contribution in [3.8, 4) is 23.5 Å². The second-order valence-corrected chi connectivity index (χ2v) is 18.4. The monoisotopic (exact) mass is 1050 g/mol. The van der Waals surface area contributed by atoms with Gasteiger partial charge in [-0.15, -0.1) is 5.10 Å². The van der Waals surface area contributed by atoms with Crippen LogP contribution in [0.15, 0.2) is 62.3 Å². The summed E-state index contributed by atoms with van der Waals surface area (Å²) in [5, 5.41) is 16.2. The number of aromatic nitrogens is 10. The van der Waals surface area contributed by atoms with Crippen LogP contribution in [0.1, 0.15) is 43.2 Å². The van der Waals surface area contributed by atoms with Crippen molar-refractivity contribution >= 4 is 51.2 Å². The summed E-state index contributed by atoms with van der Waals surface area (Å²) >= 11 is 14.6. The van der Waals surface area contributed by atoms with Gasteiger partial charge in [-0.1, -0.05) is 45.6 Å². The molecule has 0 amide bonds. The number of nitrogens with two attached hydrogens (primary N) is 1. The molecule has 4 aliphatic rings. The fourth-order valence-corrected chi connectivity index (χ4v) is 9.72. The van der Waals surface area contributed by atoms with Gasteiger partial charge in [-0.25, -0.2) is 9.36 Å². The minimum Gasteiger partial charge on any atom is -0.424 e. The third-order valence-electron chi connectivity index (χ3n) is 11.9. The Labute approximate surface area is 397 Å². The Kier molecular flexibility index (Phi) is 14.5. The quantitative estimate of drug-likeness (QED) is 0.128. The van der Waals surface area contributed by atoms with E-state index in [1.54, 1.807) is 43.3 Å². The molecule has 26 heteroatoms. The molecule has 2 aliphatic heterocycles. The highest BCUT2D eigenvalue weighted by Crippen LogP contribution is 2.44. The molecule has 0 radical (unpaired) electrons. The Morgan fingerprint density at radius 1 is 0.672 bits per heavy atom. The van der Waals surface area contributed by atoms with E-state index in [2.05, 4.69) is 66.2 Å². The van der Waals surface area contributed by atoms with Gasteiger partial charge in [0.1, 0.15) is 24.6 Å². The predicted molar refractivity (Wildman–Crippen MR) is 233 cm³/mol. The van der Waals surface area contributed by atoms with E-state index in [9.17, 15) is 26.3 Å². The first-order valence-corrected chi connectivity index (χ1v) is 22.8. The average Bonchev–Trinajstić information content (AvgIpc) is 4.09. The van der Waals surface area contributed by atoms with Crippen LogP contribution in [-0.4, -0.2) is 94.4 Å². The molecule has 4 fully saturated rings. The molecular weight excluding hydrogens is 1000 g/mol. The lowest BCUT2D eigenvalue weighted by atomic mass is 9.82. The minimum absolute atomic E-state index is 0.00813. The van der Waals surface area contributed by atoms with Crippen LogP contribution in [0.2, 0.25) is 10.0 Å². The second-order valence-electron chi connectivity index (χ2n) is 16.8. The molecule has 10 rings (SSSR count). The summed E-state index contributed by atoms with van der Waals surface area (Å²) < 4.78 is 99.2. The van der Waals surface area contributed by atoms with Crippen LogP contribution < -0.4 is 25.0 Å². The lowest BCUT2D eigenvalue weighted by molar-refractivity contribution is -0.144. The molecule has 17 nitrogen and oxygen atoms in total. The molecule has 4 unspecified atom stereocenters. The molecule has 2 aromatic carbocycles. The number of rotatable bonds is 10. The number of aryl methyl sites for hydroxylation is 2. The lowest BCUT2D eigenvalue weighted by Gasteiger charge is -2.36. The maximum Gasteiger partial charge on any atom is 0.408 e. The Bertz CT molecular complexity index is 2580. The van der Waals surface area contributed by atoms with Crippen molar-refractivity contribution in [1.29, 1.82) is 0 Å². The third kappa shape index (κ3) is 12.7. The molecule has 4 bridgehead atoms. The van der Waals surface area contributed by atoms with Crippen molar-refractivity contribution in [2.24, 2.45) is 35.3 Å². The fraction of sp³-hybridized carbons (Fsp3) is 0.512. The number of piperidine rings is 2. The van der Waals surface area contributed by atoms with Crippen molar-refractivity contribution in [2.75, 3.05) is 36.0 Å². The van der Waals surface area contributed by atoms with Crippen molar-refractivity contribution in [3.05, 3.63) is 80.8 Å². The van der Waals surface area contributed by atoms with Gasteiger partial charge >= 0.3 is 36.4 Å². The first kappa shape index (κ1) is 48.3. The number of anilines is 2. The molecular formula is C41H44BrCl2F6N13O4. The molecule has 67 heavy (non-hydrogen) atoms. The molecule has 2 aliphatic carbocycles. The SMILES string of the molecule is Cc1noc(N2CC3CCC(C2)C3Cc2nc(Oc3cccc(Cl)c3)n(CC(F)(F)F)n2)n1.Cc1noc(N2CC3CCC(C2)C3N)n1.FC(F)(F)Cn1nc(Br)nc1Oc1cccc(Cl)c1. The van der Waals surface area contributed by atoms with Gasteiger partial charge in [0.2, 0.25) is 4.73 Å². The second kappa shape index (κ2) is 20.2. The zero-order valence-electron chi connectivity index (χ0n) is 35.8. The van der Waals surface area contributed by atoms with Crippen LogP contribution in [0, 0.1) is 43.4 Å². The van der Waals surface area contributed by atoms with Crippen LogP contribution in [0.4, 0.5) is 38.4 Å². The lowest BCUT2D eigenvalue weighted by Crippen LogP contribution is -2.48. The van der Waals surface area contributed by atoms with Gasteiger partial charge in [-0.3, -0.25) is 0 Å². The van der Waals surface area contributed by atoms with Gasteiger partial charge in [0, 0.05) is 48.7 Å². The van der Waals surface area contributed by atoms with E-state index in [-0.39, 0.29) is 28.4 Å². The fourth-order valence-electron chi connectivity index (χ4n) is 9.01. The van der Waals surface area contributed by atoms with E-state index in [1.807, 2.05) is 6.92 Å². The summed E-state index contributed by atoms with van der Waals surface area (Å²) in [6.07, 6.45) is -3.82. The summed E-state index contributed by atoms with van der Waals surface area (Å²) in [7, 11) is 0. The molecule has 360 valence electrons. The van der Waals surface area contributed by atoms with Gasteiger partial charge in [-0.05, 0) is 121 Å². The van der Waals surface area contributed by atoms with Gasteiger partial charge < -0.3 is 34.1 Å². The predicted octanol–water partition coefficient (Wildman–Crippen LogP) is 9.28. The summed E-state index contributed by atoms with van der Waals surface area (Å²) in [5.74, 6) is 4.39. The summed E-state index contributed by atoms with van der Waals surface area (Å²) in [4.78, 5) is 20.9. The maximum absolute atomic E-state index is 13.1. The highest BCUT2D eigenvalue weighted by atomic mass is 79.9. The van der Waals surface area contributed by atoms with E-state index in [1.165, 1.54) is 25.0 Å². The molecule has 6 aromatic rings. The third-order valence-corrected chi connectivity index (χ3v) is 12.7. The van der Waals surface area contributed by atoms with Crippen molar-refractivity contribution in [1.82, 2.24) is 49.8 Å². The Hall–Kier alpha value is -5.20. The first-order valence-electron chi connectivity index (χ1n) is 21.2. The van der Waals surface area contributed by atoms with E-state index >= 15 is 0 Å². The number of alkyl halides is 6. The zero-order valence-corrected chi connectivity index (χ0v) is 38.9. The van der Waals surface area contributed by atoms with Crippen LogP contribution >= 0.6 is 39.1 Å². The average molecular weight is 1050 g/mol. The molecule has 6 heterocycles. The normalized spacial score (nSPS) is 22.3. The number of fused-ring (bicyclic) bond motifs is 4. The molecule has 2 saturated heterocycles. The van der Waals surface area contributed by atoms with Crippen molar-refractivity contribution in [3.63, 3.8) is 0 Å². The van der Waals surface area contributed by atoms with E-state index in [4.69, 9.17) is 47.5 Å². The summed E-state index contributed by atoms with van der Waals surface area (Å²) in [6.45, 7) is 4.52. The smallest absolute Gasteiger partial charge is 0.408 e. The Morgan fingerprint density at radius 2 is 1.12 bits per heavy atom. The van der Waals surface area contributed by atoms with Gasteiger partial charge in [0.15, 0.2) is 17.5 Å². The summed E-state index contributed by atoms with van der Waals surface area (Å²) in [6, 6.07) is 13.8. The zero-order chi connectivity index (χ0) is 47.6. The Balaban J connectivity index is 0.000000151. The van der Waals surface area contributed by atoms with E-state index < -0.39 is 25.4 Å². The molecule has 4 atom stereocenters. The molecule has 0 spiro atoms. The van der Waals surface area contributed by atoms with E-state index in [0.29, 0.717) is 86.1 Å². The largest absolute Gasteiger partial charge is 0.424 e. The Morgan fingerprint density at radius 3 is 1.57 bits per heavy atom. The van der Waals surface area contributed by atoms with Gasteiger partial charge in [-0.2, -0.15) is 51.4 Å². The molecule has 4 aromatic heterocycles. The number of ether oxygens (including phenoxy) is 2. The number of nitrogens with zero attached hydrogens (tertiary/aromatic N) is 12. The standard InChI is InChI=1S/C21H22ClF3N6O2.C10H6BrClF3N3O.C10H16N4O/c1-12-26-19(33-29-12)30-9-13-5-6-14(10-30)17(13)8-18-27-20(31(28-18)11-21(23,24)25)32-16-4-2-3-15(22)7-16;11-8-16-9(18(17-8)5-10(13,14)15)19-7-3-1-2-6(12)4-7;1-6-12-10(15-13-6)14-4-7-2-3-8(5-14)9(7)11/h2-4,7,13-14,17H,5-6,8-11H2,1H3;1-4H,5H2;7-9H,2-5,11H2,1H3. The number of hydrogen-bond acceptors (Lipinski definition) is 15. The maximum atomic E-state index is 13.1. The number of hydrogen-bond donors (Lipinski definition) is 1. The van der Waals surface area contributed by atoms with Crippen molar-refractivity contribution < 1.29 is 44.9 Å². The number of benzene rings is 2. The highest BCUT2D eigenvalue weighted by molar-refractivity contribution is 9.10.